The molecule has 0 bridgehead atoms. The zero-order valence-electron chi connectivity index (χ0n) is 19.1. The van der Waals surface area contributed by atoms with E-state index >= 15 is 0 Å². The van der Waals surface area contributed by atoms with Crippen LogP contribution in [0.4, 0.5) is 5.69 Å². The highest BCUT2D eigenvalue weighted by atomic mass is 16.5. The Bertz CT molecular complexity index is 1470. The van der Waals surface area contributed by atoms with E-state index in [0.717, 1.165) is 11.1 Å². The highest BCUT2D eigenvalue weighted by molar-refractivity contribution is 6.08. The summed E-state index contributed by atoms with van der Waals surface area (Å²) >= 11 is 0. The van der Waals surface area contributed by atoms with Gasteiger partial charge in [0.05, 0.1) is 30.4 Å². The summed E-state index contributed by atoms with van der Waals surface area (Å²) < 4.78 is 11.4. The first-order chi connectivity index (χ1) is 17.0. The summed E-state index contributed by atoms with van der Waals surface area (Å²) in [6.07, 6.45) is 1.63. The van der Waals surface area contributed by atoms with E-state index in [0.29, 0.717) is 33.9 Å². The Kier molecular flexibility index (Phi) is 6.71. The van der Waals surface area contributed by atoms with Gasteiger partial charge in [0.15, 0.2) is 11.5 Å². The molecule has 0 aliphatic rings. The lowest BCUT2D eigenvalue weighted by atomic mass is 9.97. The summed E-state index contributed by atoms with van der Waals surface area (Å²) in [6.45, 7) is 1.82. The first kappa shape index (κ1) is 23.0. The Morgan fingerprint density at radius 2 is 1.60 bits per heavy atom. The van der Waals surface area contributed by atoms with Gasteiger partial charge in [-0.15, -0.1) is 0 Å². The van der Waals surface area contributed by atoms with Crippen LogP contribution in [0.25, 0.3) is 11.1 Å². The molecule has 1 N–H and O–H groups in total. The molecule has 35 heavy (non-hydrogen) atoms. The highest BCUT2D eigenvalue weighted by Crippen LogP contribution is 2.36. The van der Waals surface area contributed by atoms with Crippen LogP contribution in [-0.2, 0) is 0 Å². The van der Waals surface area contributed by atoms with E-state index in [4.69, 9.17) is 14.7 Å². The third-order valence-corrected chi connectivity index (χ3v) is 5.39. The molecule has 1 heterocycles. The van der Waals surface area contributed by atoms with Crippen LogP contribution >= 0.6 is 0 Å². The van der Waals surface area contributed by atoms with E-state index in [1.807, 2.05) is 37.3 Å². The van der Waals surface area contributed by atoms with Crippen LogP contribution < -0.4 is 14.8 Å². The Morgan fingerprint density at radius 1 is 0.914 bits per heavy atom. The number of methoxy groups -OCH3 is 1. The Morgan fingerprint density at radius 3 is 2.26 bits per heavy atom. The maximum atomic E-state index is 13.4. The number of hydrogen-bond donors (Lipinski definition) is 1. The van der Waals surface area contributed by atoms with Crippen molar-refractivity contribution in [3.05, 3.63) is 101 Å². The molecule has 0 fully saturated rings. The summed E-state index contributed by atoms with van der Waals surface area (Å²) in [7, 11) is 1.47. The van der Waals surface area contributed by atoms with E-state index in [-0.39, 0.29) is 17.4 Å². The number of benzene rings is 3. The third-order valence-electron chi connectivity index (χ3n) is 5.39. The summed E-state index contributed by atoms with van der Waals surface area (Å²) in [5.41, 5.74) is 4.02. The molecular formula is C28H20N4O3. The van der Waals surface area contributed by atoms with Gasteiger partial charge in [-0.2, -0.15) is 10.5 Å². The molecule has 7 heteroatoms. The number of ether oxygens (including phenoxy) is 2. The molecule has 4 aromatic rings. The van der Waals surface area contributed by atoms with Crippen LogP contribution in [0.5, 0.6) is 17.4 Å². The minimum Gasteiger partial charge on any atom is -0.493 e. The number of carbonyl (C=O) groups excluding carboxylic acids is 1. The maximum absolute atomic E-state index is 13.4. The predicted octanol–water partition coefficient (Wildman–Crippen LogP) is 5.85. The van der Waals surface area contributed by atoms with E-state index in [1.54, 1.807) is 48.7 Å². The van der Waals surface area contributed by atoms with Crippen LogP contribution in [0.3, 0.4) is 0 Å². The lowest BCUT2D eigenvalue weighted by Crippen LogP contribution is -2.16. The molecule has 0 unspecified atom stereocenters. The average Bonchev–Trinajstić information content (AvgIpc) is 2.89. The molecule has 0 saturated heterocycles. The van der Waals surface area contributed by atoms with Gasteiger partial charge < -0.3 is 14.8 Å². The fourth-order valence-corrected chi connectivity index (χ4v) is 3.58. The number of para-hydroxylation sites is 1. The molecule has 3 aromatic carbocycles. The van der Waals surface area contributed by atoms with Crippen molar-refractivity contribution in [2.45, 2.75) is 6.92 Å². The summed E-state index contributed by atoms with van der Waals surface area (Å²) in [4.78, 5) is 17.9. The number of carbonyl (C=O) groups is 1. The van der Waals surface area contributed by atoms with Gasteiger partial charge in [-0.05, 0) is 54.4 Å². The maximum Gasteiger partial charge on any atom is 0.261 e. The molecular weight excluding hydrogens is 440 g/mol. The molecule has 1 amide bonds. The van der Waals surface area contributed by atoms with Crippen molar-refractivity contribution in [2.75, 3.05) is 12.4 Å². The fraction of sp³-hybridized carbons (Fsp3) is 0.0714. The topological polar surface area (TPSA) is 108 Å². The van der Waals surface area contributed by atoms with Gasteiger partial charge in [0.25, 0.3) is 5.91 Å². The number of amides is 1. The number of hydrogen-bond acceptors (Lipinski definition) is 6. The number of nitrogens with zero attached hydrogens (tertiary/aromatic N) is 3. The van der Waals surface area contributed by atoms with Crippen LogP contribution in [0, 0.1) is 29.6 Å². The molecule has 0 aliphatic carbocycles. The number of nitrogens with one attached hydrogen (secondary N) is 1. The van der Waals surface area contributed by atoms with Gasteiger partial charge in [0.2, 0.25) is 5.88 Å². The molecule has 0 radical (unpaired) electrons. The van der Waals surface area contributed by atoms with Crippen molar-refractivity contribution in [2.24, 2.45) is 0 Å². The second kappa shape index (κ2) is 10.2. The summed E-state index contributed by atoms with van der Waals surface area (Å²) in [5, 5.41) is 21.2. The number of anilines is 1. The second-order valence-electron chi connectivity index (χ2n) is 7.57. The molecule has 170 valence electrons. The number of aromatic nitrogens is 1. The quantitative estimate of drug-likeness (QED) is 0.386. The number of rotatable bonds is 6. The molecule has 7 nitrogen and oxygen atoms in total. The highest BCUT2D eigenvalue weighted by Gasteiger charge is 2.22. The first-order valence-corrected chi connectivity index (χ1v) is 10.7. The first-order valence-electron chi connectivity index (χ1n) is 10.7. The zero-order chi connectivity index (χ0) is 24.8. The molecule has 0 aliphatic heterocycles. The fourth-order valence-electron chi connectivity index (χ4n) is 3.58. The summed E-state index contributed by atoms with van der Waals surface area (Å²) in [6, 6.07) is 25.0. The van der Waals surface area contributed by atoms with Crippen molar-refractivity contribution >= 4 is 11.6 Å². The van der Waals surface area contributed by atoms with Crippen molar-refractivity contribution in [3.63, 3.8) is 0 Å². The monoisotopic (exact) mass is 460 g/mol. The van der Waals surface area contributed by atoms with Crippen molar-refractivity contribution < 1.29 is 14.3 Å². The van der Waals surface area contributed by atoms with E-state index in [2.05, 4.69) is 22.4 Å². The number of nitriles is 2. The number of pyridine rings is 1. The normalized spacial score (nSPS) is 10.1. The Labute approximate surface area is 202 Å². The Balaban J connectivity index is 1.81. The second-order valence-corrected chi connectivity index (χ2v) is 7.57. The lowest BCUT2D eigenvalue weighted by Gasteiger charge is -2.17. The molecule has 4 rings (SSSR count). The van der Waals surface area contributed by atoms with Crippen LogP contribution in [0.2, 0.25) is 0 Å². The molecule has 0 saturated carbocycles. The van der Waals surface area contributed by atoms with Crippen LogP contribution in [-0.4, -0.2) is 18.0 Å². The standard InChI is InChI=1S/C28H20N4O3/c1-18-23(21-11-8-19(15-29)9-12-21)17-31-28(26(18)27(33)32-22-6-4-3-5-7-22)35-24-13-10-20(16-30)14-25(24)34-2/h3-14,17H,1-2H3,(H,32,33). The SMILES string of the molecule is COc1cc(C#N)ccc1Oc1ncc(-c2ccc(C#N)cc2)c(C)c1C(=O)Nc1ccccc1. The lowest BCUT2D eigenvalue weighted by molar-refractivity contribution is 0.102. The minimum absolute atomic E-state index is 0.0938. The largest absolute Gasteiger partial charge is 0.493 e. The van der Waals surface area contributed by atoms with Crippen LogP contribution in [0.15, 0.2) is 79.0 Å². The predicted molar refractivity (Wildman–Crippen MR) is 131 cm³/mol. The van der Waals surface area contributed by atoms with Crippen LogP contribution in [0.1, 0.15) is 27.0 Å². The minimum atomic E-state index is -0.390. The van der Waals surface area contributed by atoms with Gasteiger partial charge in [0, 0.05) is 23.5 Å². The summed E-state index contributed by atoms with van der Waals surface area (Å²) in [5.74, 6) is 0.364. The van der Waals surface area contributed by atoms with E-state index in [9.17, 15) is 10.1 Å². The van der Waals surface area contributed by atoms with Gasteiger partial charge in [0.1, 0.15) is 5.56 Å². The Hall–Kier alpha value is -5.14. The van der Waals surface area contributed by atoms with Crippen molar-refractivity contribution in [1.29, 1.82) is 10.5 Å². The van der Waals surface area contributed by atoms with Crippen molar-refractivity contribution in [1.82, 2.24) is 4.98 Å². The van der Waals surface area contributed by atoms with Gasteiger partial charge in [-0.1, -0.05) is 30.3 Å². The van der Waals surface area contributed by atoms with E-state index in [1.165, 1.54) is 7.11 Å². The smallest absolute Gasteiger partial charge is 0.261 e. The molecule has 0 spiro atoms. The van der Waals surface area contributed by atoms with Crippen molar-refractivity contribution in [3.8, 4) is 40.6 Å². The molecule has 0 atom stereocenters. The third kappa shape index (κ3) is 4.95. The van der Waals surface area contributed by atoms with E-state index < -0.39 is 0 Å². The van der Waals surface area contributed by atoms with Gasteiger partial charge in [-0.3, -0.25) is 4.79 Å². The molecule has 1 aromatic heterocycles. The zero-order valence-corrected chi connectivity index (χ0v) is 19.1. The van der Waals surface area contributed by atoms with Gasteiger partial charge >= 0.3 is 0 Å². The average molecular weight is 460 g/mol. The van der Waals surface area contributed by atoms with Gasteiger partial charge in [-0.25, -0.2) is 4.98 Å².